The monoisotopic (exact) mass is 499 g/mol. The van der Waals surface area contributed by atoms with Gasteiger partial charge in [0.15, 0.2) is 0 Å². The Morgan fingerprint density at radius 2 is 1.74 bits per heavy atom. The van der Waals surface area contributed by atoms with Crippen LogP contribution in [0.4, 0.5) is 11.6 Å². The van der Waals surface area contributed by atoms with Gasteiger partial charge in [-0.2, -0.15) is 0 Å². The zero-order valence-electron chi connectivity index (χ0n) is 18.5. The number of hydrogen-bond acceptors (Lipinski definition) is 7. The maximum Gasteiger partial charge on any atom is 0.240 e. The molecule has 178 valence electrons. The Balaban J connectivity index is 1.33. The van der Waals surface area contributed by atoms with E-state index in [4.69, 9.17) is 11.6 Å². The van der Waals surface area contributed by atoms with E-state index < -0.39 is 10.0 Å². The maximum atomic E-state index is 12.5. The molecule has 2 heterocycles. The third-order valence-corrected chi connectivity index (χ3v) is 7.27. The number of aromatic nitrogens is 2. The Morgan fingerprint density at radius 1 is 1.03 bits per heavy atom. The van der Waals surface area contributed by atoms with Crippen LogP contribution in [-0.2, 0) is 10.0 Å². The van der Waals surface area contributed by atoms with Gasteiger partial charge in [0.25, 0.3) is 0 Å². The lowest BCUT2D eigenvalue weighted by Gasteiger charge is -2.15. The molecule has 0 spiro atoms. The summed E-state index contributed by atoms with van der Waals surface area (Å²) in [4.78, 5) is 11.0. The molecule has 1 fully saturated rings. The number of nitrogens with one attached hydrogen (secondary N) is 2. The number of aromatic hydroxyl groups is 1. The van der Waals surface area contributed by atoms with Crippen molar-refractivity contribution in [3.05, 3.63) is 71.0 Å². The Kier molecular flexibility index (Phi) is 7.79. The van der Waals surface area contributed by atoms with Crippen LogP contribution in [0.2, 0.25) is 5.02 Å². The third-order valence-electron chi connectivity index (χ3n) is 5.45. The van der Waals surface area contributed by atoms with Crippen molar-refractivity contribution in [3.8, 4) is 5.75 Å². The third kappa shape index (κ3) is 6.54. The lowest BCUT2D eigenvalue weighted by atomic mass is 10.1. The van der Waals surface area contributed by atoms with Crippen LogP contribution in [0.15, 0.2) is 59.8 Å². The number of rotatable bonds is 9. The number of halogens is 1. The van der Waals surface area contributed by atoms with Gasteiger partial charge in [0.05, 0.1) is 4.90 Å². The van der Waals surface area contributed by atoms with Crippen LogP contribution in [0, 0.1) is 0 Å². The molecule has 0 unspecified atom stereocenters. The summed E-state index contributed by atoms with van der Waals surface area (Å²) in [6.45, 7) is 3.19. The summed E-state index contributed by atoms with van der Waals surface area (Å²) in [5, 5.41) is 13.2. The van der Waals surface area contributed by atoms with Gasteiger partial charge in [-0.25, -0.2) is 23.1 Å². The van der Waals surface area contributed by atoms with E-state index in [0.29, 0.717) is 28.8 Å². The first-order valence-corrected chi connectivity index (χ1v) is 12.8. The smallest absolute Gasteiger partial charge is 0.240 e. The minimum Gasteiger partial charge on any atom is -0.508 e. The SMILES string of the molecule is O=S(=O)(NCCN1CCCC1)c1ccc(Nc2ncc(C=Cc3cc(O)ccc3Cl)cn2)cc1. The predicted octanol–water partition coefficient (Wildman–Crippen LogP) is 4.12. The fourth-order valence-corrected chi connectivity index (χ4v) is 4.81. The van der Waals surface area contributed by atoms with E-state index in [1.807, 2.05) is 0 Å². The highest BCUT2D eigenvalue weighted by molar-refractivity contribution is 7.89. The Morgan fingerprint density at radius 3 is 2.44 bits per heavy atom. The molecule has 3 N–H and O–H groups in total. The molecule has 0 atom stereocenters. The number of benzene rings is 2. The van der Waals surface area contributed by atoms with Gasteiger partial charge >= 0.3 is 0 Å². The van der Waals surface area contributed by atoms with Crippen LogP contribution in [0.25, 0.3) is 12.2 Å². The molecule has 8 nitrogen and oxygen atoms in total. The van der Waals surface area contributed by atoms with Crippen molar-refractivity contribution in [2.45, 2.75) is 17.7 Å². The minimum atomic E-state index is -3.55. The number of phenols is 1. The van der Waals surface area contributed by atoms with Gasteiger partial charge in [0.2, 0.25) is 16.0 Å². The van der Waals surface area contributed by atoms with Crippen molar-refractivity contribution >= 4 is 45.4 Å². The van der Waals surface area contributed by atoms with Crippen molar-refractivity contribution in [1.29, 1.82) is 0 Å². The highest BCUT2D eigenvalue weighted by Crippen LogP contribution is 2.23. The standard InChI is InChI=1S/C24H26ClN5O3S/c25-23-10-7-21(31)15-19(23)4-3-18-16-26-24(27-17-18)29-20-5-8-22(9-6-20)34(32,33)28-11-14-30-12-1-2-13-30/h3-10,15-17,28,31H,1-2,11-14H2,(H,26,27,29). The first-order chi connectivity index (χ1) is 16.4. The molecule has 10 heteroatoms. The van der Waals surface area contributed by atoms with Crippen molar-refractivity contribution < 1.29 is 13.5 Å². The average molecular weight is 500 g/mol. The maximum absolute atomic E-state index is 12.5. The van der Waals surface area contributed by atoms with Crippen molar-refractivity contribution in [2.24, 2.45) is 0 Å². The first-order valence-electron chi connectivity index (χ1n) is 11.0. The van der Waals surface area contributed by atoms with Gasteiger partial charge in [-0.05, 0) is 74.0 Å². The van der Waals surface area contributed by atoms with Gasteiger partial charge in [-0.1, -0.05) is 23.8 Å². The largest absolute Gasteiger partial charge is 0.508 e. The normalized spacial score (nSPS) is 14.6. The van der Waals surface area contributed by atoms with Gasteiger partial charge in [0.1, 0.15) is 5.75 Å². The molecule has 4 rings (SSSR count). The molecule has 0 radical (unpaired) electrons. The quantitative estimate of drug-likeness (QED) is 0.406. The zero-order valence-corrected chi connectivity index (χ0v) is 20.1. The molecule has 34 heavy (non-hydrogen) atoms. The number of likely N-dealkylation sites (tertiary alicyclic amines) is 1. The van der Waals surface area contributed by atoms with Crippen molar-refractivity contribution in [2.75, 3.05) is 31.5 Å². The number of hydrogen-bond donors (Lipinski definition) is 3. The summed E-state index contributed by atoms with van der Waals surface area (Å²) in [6, 6.07) is 11.2. The van der Waals surface area contributed by atoms with Gasteiger partial charge in [0, 0.05) is 41.8 Å². The molecule has 0 bridgehead atoms. The average Bonchev–Trinajstić information content (AvgIpc) is 3.34. The summed E-state index contributed by atoms with van der Waals surface area (Å²) in [7, 11) is -3.55. The number of anilines is 2. The van der Waals surface area contributed by atoms with Crippen LogP contribution >= 0.6 is 11.6 Å². The summed E-state index contributed by atoms with van der Waals surface area (Å²) < 4.78 is 27.7. The zero-order chi connectivity index (χ0) is 24.0. The summed E-state index contributed by atoms with van der Waals surface area (Å²) >= 11 is 6.12. The van der Waals surface area contributed by atoms with E-state index >= 15 is 0 Å². The topological polar surface area (TPSA) is 107 Å². The molecular formula is C24H26ClN5O3S. The lowest BCUT2D eigenvalue weighted by molar-refractivity contribution is 0.344. The van der Waals surface area contributed by atoms with E-state index in [1.54, 1.807) is 60.9 Å². The fraction of sp³-hybridized carbons (Fsp3) is 0.250. The second-order valence-corrected chi connectivity index (χ2v) is 10.1. The van der Waals surface area contributed by atoms with Crippen LogP contribution in [0.3, 0.4) is 0 Å². The lowest BCUT2D eigenvalue weighted by Crippen LogP contribution is -2.33. The van der Waals surface area contributed by atoms with E-state index in [0.717, 1.165) is 25.2 Å². The number of phenolic OH excluding ortho intramolecular Hbond substituents is 1. The van der Waals surface area contributed by atoms with E-state index in [-0.39, 0.29) is 10.6 Å². The van der Waals surface area contributed by atoms with Crippen molar-refractivity contribution in [1.82, 2.24) is 19.6 Å². The molecule has 1 aliphatic rings. The summed E-state index contributed by atoms with van der Waals surface area (Å²) in [6.07, 6.45) is 9.21. The Hall–Kier alpha value is -2.98. The fourth-order valence-electron chi connectivity index (χ4n) is 3.61. The highest BCUT2D eigenvalue weighted by Gasteiger charge is 2.16. The van der Waals surface area contributed by atoms with Gasteiger partial charge in [-0.15, -0.1) is 0 Å². The van der Waals surface area contributed by atoms with Crippen LogP contribution in [0.5, 0.6) is 5.75 Å². The molecule has 3 aromatic rings. The summed E-state index contributed by atoms with van der Waals surface area (Å²) in [5.41, 5.74) is 2.11. The minimum absolute atomic E-state index is 0.136. The molecule has 1 aliphatic heterocycles. The Bertz CT molecular complexity index is 1240. The molecule has 0 amide bonds. The predicted molar refractivity (Wildman–Crippen MR) is 135 cm³/mol. The van der Waals surface area contributed by atoms with E-state index in [2.05, 4.69) is 24.9 Å². The number of nitrogens with zero attached hydrogens (tertiary/aromatic N) is 3. The van der Waals surface area contributed by atoms with E-state index in [1.165, 1.54) is 18.9 Å². The van der Waals surface area contributed by atoms with Crippen LogP contribution in [0.1, 0.15) is 24.0 Å². The highest BCUT2D eigenvalue weighted by atomic mass is 35.5. The number of sulfonamides is 1. The molecule has 1 aromatic heterocycles. The summed E-state index contributed by atoms with van der Waals surface area (Å²) in [5.74, 6) is 0.517. The van der Waals surface area contributed by atoms with Crippen molar-refractivity contribution in [3.63, 3.8) is 0 Å². The molecule has 0 saturated carbocycles. The van der Waals surface area contributed by atoms with Crippen LogP contribution < -0.4 is 10.0 Å². The molecule has 2 aromatic carbocycles. The molecule has 0 aliphatic carbocycles. The molecule has 1 saturated heterocycles. The van der Waals surface area contributed by atoms with Gasteiger partial charge in [-0.3, -0.25) is 0 Å². The van der Waals surface area contributed by atoms with E-state index in [9.17, 15) is 13.5 Å². The van der Waals surface area contributed by atoms with Crippen LogP contribution in [-0.4, -0.2) is 54.6 Å². The first kappa shape index (κ1) is 24.2. The second kappa shape index (κ2) is 11.0. The Labute approximate surface area is 204 Å². The second-order valence-electron chi connectivity index (χ2n) is 7.98. The molecular weight excluding hydrogens is 474 g/mol. The van der Waals surface area contributed by atoms with Gasteiger partial charge < -0.3 is 15.3 Å².